The number of nitrogens with one attached hydrogen (secondary N) is 1. The molecule has 27 heavy (non-hydrogen) atoms. The van der Waals surface area contributed by atoms with Crippen LogP contribution >= 0.6 is 0 Å². The van der Waals surface area contributed by atoms with Crippen molar-refractivity contribution < 1.29 is 9.53 Å². The van der Waals surface area contributed by atoms with E-state index in [4.69, 9.17) is 4.74 Å². The van der Waals surface area contributed by atoms with Gasteiger partial charge in [-0.3, -0.25) is 4.79 Å². The maximum Gasteiger partial charge on any atom is 0.251 e. The van der Waals surface area contributed by atoms with Gasteiger partial charge in [-0.1, -0.05) is 24.3 Å². The molecule has 2 saturated heterocycles. The predicted octanol–water partition coefficient (Wildman–Crippen LogP) is 2.62. The molecule has 0 aliphatic carbocycles. The third-order valence-electron chi connectivity index (χ3n) is 5.45. The largest absolute Gasteiger partial charge is 0.378 e. The number of amides is 1. The van der Waals surface area contributed by atoms with E-state index in [1.165, 1.54) is 5.69 Å². The molecule has 5 heteroatoms. The highest BCUT2D eigenvalue weighted by Gasteiger charge is 2.21. The van der Waals surface area contributed by atoms with E-state index in [-0.39, 0.29) is 11.9 Å². The highest BCUT2D eigenvalue weighted by molar-refractivity contribution is 5.95. The molecule has 2 aliphatic rings. The van der Waals surface area contributed by atoms with Gasteiger partial charge in [0.05, 0.1) is 13.2 Å². The van der Waals surface area contributed by atoms with E-state index in [1.54, 1.807) is 0 Å². The fourth-order valence-corrected chi connectivity index (χ4v) is 3.82. The quantitative estimate of drug-likeness (QED) is 0.905. The Labute approximate surface area is 160 Å². The molecule has 0 saturated carbocycles. The number of likely N-dealkylation sites (tertiary alicyclic amines) is 1. The molecule has 0 spiro atoms. The Kier molecular flexibility index (Phi) is 5.41. The molecule has 0 aromatic heterocycles. The van der Waals surface area contributed by atoms with Crippen LogP contribution in [0.1, 0.15) is 16.8 Å². The first kappa shape index (κ1) is 18.0. The Balaban J connectivity index is 1.40. The fraction of sp³-hybridized carbons (Fsp3) is 0.409. The molecule has 4 rings (SSSR count). The molecular formula is C22H27N3O2. The zero-order valence-electron chi connectivity index (χ0n) is 15.9. The van der Waals surface area contributed by atoms with Gasteiger partial charge < -0.3 is 19.9 Å². The van der Waals surface area contributed by atoms with Crippen LogP contribution in [0.2, 0.25) is 0 Å². The molecular weight excluding hydrogens is 338 g/mol. The van der Waals surface area contributed by atoms with Crippen LogP contribution in [-0.4, -0.2) is 63.3 Å². The molecule has 0 radical (unpaired) electrons. The Hall–Kier alpha value is -2.37. The van der Waals surface area contributed by atoms with Crippen molar-refractivity contribution in [2.45, 2.75) is 12.5 Å². The summed E-state index contributed by atoms with van der Waals surface area (Å²) in [5, 5.41) is 3.13. The number of morpholine rings is 1. The third kappa shape index (κ3) is 4.31. The maximum atomic E-state index is 12.4. The number of ether oxygens (including phenoxy) is 1. The van der Waals surface area contributed by atoms with Gasteiger partial charge in [0.15, 0.2) is 0 Å². The van der Waals surface area contributed by atoms with Gasteiger partial charge in [0, 0.05) is 36.9 Å². The van der Waals surface area contributed by atoms with Crippen LogP contribution in [0.25, 0.3) is 11.1 Å². The Bertz CT molecular complexity index is 767. The van der Waals surface area contributed by atoms with E-state index in [9.17, 15) is 4.79 Å². The zero-order chi connectivity index (χ0) is 18.6. The van der Waals surface area contributed by atoms with Crippen molar-refractivity contribution in [1.82, 2.24) is 10.2 Å². The lowest BCUT2D eigenvalue weighted by Gasteiger charge is -2.28. The summed E-state index contributed by atoms with van der Waals surface area (Å²) in [5.74, 6) is 0.0181. The van der Waals surface area contributed by atoms with Gasteiger partial charge in [-0.15, -0.1) is 0 Å². The number of hydrogen-bond donors (Lipinski definition) is 1. The SMILES string of the molecule is CN1CCC(NC(=O)c2ccc(-c3ccc(N4CCOCC4)cc3)cc2)C1. The molecule has 142 valence electrons. The normalized spacial score (nSPS) is 20.6. The Morgan fingerprint density at radius 1 is 0.963 bits per heavy atom. The highest BCUT2D eigenvalue weighted by Crippen LogP contribution is 2.24. The number of anilines is 1. The van der Waals surface area contributed by atoms with Crippen LogP contribution < -0.4 is 10.2 Å². The molecule has 2 aromatic rings. The van der Waals surface area contributed by atoms with Crippen molar-refractivity contribution in [2.75, 3.05) is 51.3 Å². The van der Waals surface area contributed by atoms with Gasteiger partial charge in [-0.05, 0) is 55.4 Å². The number of carbonyl (C=O) groups is 1. The molecule has 2 aromatic carbocycles. The standard InChI is InChI=1S/C22H27N3O2/c1-24-11-10-20(16-24)23-22(26)19-4-2-17(3-5-19)18-6-8-21(9-7-18)25-12-14-27-15-13-25/h2-9,20H,10-16H2,1H3,(H,23,26). The van der Waals surface area contributed by atoms with Crippen molar-refractivity contribution in [3.63, 3.8) is 0 Å². The number of likely N-dealkylation sites (N-methyl/N-ethyl adjacent to an activating group) is 1. The molecule has 1 N–H and O–H groups in total. The van der Waals surface area contributed by atoms with Gasteiger partial charge in [0.25, 0.3) is 5.91 Å². The van der Waals surface area contributed by atoms with E-state index < -0.39 is 0 Å². The van der Waals surface area contributed by atoms with Crippen LogP contribution in [0.4, 0.5) is 5.69 Å². The molecule has 0 bridgehead atoms. The van der Waals surface area contributed by atoms with Gasteiger partial charge in [0.1, 0.15) is 0 Å². The summed E-state index contributed by atoms with van der Waals surface area (Å²) in [5.41, 5.74) is 4.25. The number of carbonyl (C=O) groups excluding carboxylic acids is 1. The summed E-state index contributed by atoms with van der Waals surface area (Å²) in [6, 6.07) is 16.8. The predicted molar refractivity (Wildman–Crippen MR) is 108 cm³/mol. The number of benzene rings is 2. The Morgan fingerprint density at radius 2 is 1.59 bits per heavy atom. The van der Waals surface area contributed by atoms with Crippen LogP contribution in [0.5, 0.6) is 0 Å². The van der Waals surface area contributed by atoms with Crippen molar-refractivity contribution in [1.29, 1.82) is 0 Å². The van der Waals surface area contributed by atoms with Crippen molar-refractivity contribution in [2.24, 2.45) is 0 Å². The van der Waals surface area contributed by atoms with Crippen LogP contribution in [-0.2, 0) is 4.74 Å². The molecule has 1 atom stereocenters. The zero-order valence-corrected chi connectivity index (χ0v) is 15.9. The first-order valence-corrected chi connectivity index (χ1v) is 9.72. The summed E-state index contributed by atoms with van der Waals surface area (Å²) in [4.78, 5) is 17.0. The molecule has 2 aliphatic heterocycles. The minimum absolute atomic E-state index is 0.0181. The molecule has 2 fully saturated rings. The topological polar surface area (TPSA) is 44.8 Å². The van der Waals surface area contributed by atoms with Crippen LogP contribution in [0, 0.1) is 0 Å². The Morgan fingerprint density at radius 3 is 2.19 bits per heavy atom. The molecule has 5 nitrogen and oxygen atoms in total. The fourth-order valence-electron chi connectivity index (χ4n) is 3.82. The van der Waals surface area contributed by atoms with E-state index in [2.05, 4.69) is 46.4 Å². The van der Waals surface area contributed by atoms with E-state index in [1.807, 2.05) is 24.3 Å². The average Bonchev–Trinajstić information content (AvgIpc) is 3.13. The van der Waals surface area contributed by atoms with E-state index >= 15 is 0 Å². The van der Waals surface area contributed by atoms with Crippen molar-refractivity contribution >= 4 is 11.6 Å². The first-order valence-electron chi connectivity index (χ1n) is 9.72. The minimum Gasteiger partial charge on any atom is -0.378 e. The summed E-state index contributed by atoms with van der Waals surface area (Å²) in [6.45, 7) is 5.45. The summed E-state index contributed by atoms with van der Waals surface area (Å²) in [6.07, 6.45) is 1.02. The third-order valence-corrected chi connectivity index (χ3v) is 5.45. The number of rotatable bonds is 4. The summed E-state index contributed by atoms with van der Waals surface area (Å²) >= 11 is 0. The van der Waals surface area contributed by atoms with Gasteiger partial charge >= 0.3 is 0 Å². The maximum absolute atomic E-state index is 12.4. The van der Waals surface area contributed by atoms with E-state index in [0.29, 0.717) is 0 Å². The monoisotopic (exact) mass is 365 g/mol. The second-order valence-electron chi connectivity index (χ2n) is 7.44. The summed E-state index contributed by atoms with van der Waals surface area (Å²) in [7, 11) is 2.09. The van der Waals surface area contributed by atoms with Gasteiger partial charge in [0.2, 0.25) is 0 Å². The lowest BCUT2D eigenvalue weighted by Crippen LogP contribution is -2.36. The van der Waals surface area contributed by atoms with Crippen LogP contribution in [0.15, 0.2) is 48.5 Å². The smallest absolute Gasteiger partial charge is 0.251 e. The molecule has 1 amide bonds. The number of hydrogen-bond acceptors (Lipinski definition) is 4. The van der Waals surface area contributed by atoms with Gasteiger partial charge in [-0.25, -0.2) is 0 Å². The lowest BCUT2D eigenvalue weighted by molar-refractivity contribution is 0.0938. The summed E-state index contributed by atoms with van der Waals surface area (Å²) < 4.78 is 5.41. The molecule has 2 heterocycles. The highest BCUT2D eigenvalue weighted by atomic mass is 16.5. The first-order chi connectivity index (χ1) is 13.2. The van der Waals surface area contributed by atoms with E-state index in [0.717, 1.165) is 62.5 Å². The average molecular weight is 365 g/mol. The van der Waals surface area contributed by atoms with Crippen LogP contribution in [0.3, 0.4) is 0 Å². The second kappa shape index (κ2) is 8.11. The number of nitrogens with zero attached hydrogens (tertiary/aromatic N) is 2. The lowest BCUT2D eigenvalue weighted by atomic mass is 10.0. The van der Waals surface area contributed by atoms with Gasteiger partial charge in [-0.2, -0.15) is 0 Å². The van der Waals surface area contributed by atoms with Crippen molar-refractivity contribution in [3.8, 4) is 11.1 Å². The van der Waals surface area contributed by atoms with Crippen molar-refractivity contribution in [3.05, 3.63) is 54.1 Å². The minimum atomic E-state index is 0.0181. The second-order valence-corrected chi connectivity index (χ2v) is 7.44. The molecule has 1 unspecified atom stereocenters.